The molecule has 0 aliphatic rings. The van der Waals surface area contributed by atoms with Crippen LogP contribution in [0.15, 0.2) is 24.3 Å². The second-order valence-electron chi connectivity index (χ2n) is 3.87. The maximum atomic E-state index is 10.9. The molecule has 1 aromatic heterocycles. The Morgan fingerprint density at radius 2 is 2.18 bits per heavy atom. The third kappa shape index (κ3) is 1.85. The van der Waals surface area contributed by atoms with Crippen LogP contribution in [-0.4, -0.2) is 20.7 Å². The van der Waals surface area contributed by atoms with Gasteiger partial charge in [-0.25, -0.2) is 0 Å². The molecule has 0 saturated heterocycles. The first kappa shape index (κ1) is 11.5. The molecular formula is C12H14N2O3. The molecule has 90 valence electrons. The van der Waals surface area contributed by atoms with Gasteiger partial charge in [-0.1, -0.05) is 0 Å². The first-order valence-corrected chi connectivity index (χ1v) is 5.35. The summed E-state index contributed by atoms with van der Waals surface area (Å²) in [4.78, 5) is 10.9. The Morgan fingerprint density at radius 1 is 1.47 bits per heavy atom. The van der Waals surface area contributed by atoms with Gasteiger partial charge < -0.3 is 20.5 Å². The molecule has 2 rings (SSSR count). The molecule has 1 atom stereocenters. The van der Waals surface area contributed by atoms with E-state index in [0.717, 1.165) is 10.9 Å². The van der Waals surface area contributed by atoms with Crippen molar-refractivity contribution in [3.8, 4) is 5.75 Å². The molecule has 0 radical (unpaired) electrons. The number of phenolic OH excluding ortho intramolecular Hbond substituents is 1. The summed E-state index contributed by atoms with van der Waals surface area (Å²) in [6.07, 6.45) is 0. The van der Waals surface area contributed by atoms with Crippen LogP contribution >= 0.6 is 0 Å². The largest absolute Gasteiger partial charge is 0.508 e. The van der Waals surface area contributed by atoms with Gasteiger partial charge in [-0.05, 0) is 25.1 Å². The fourth-order valence-electron chi connectivity index (χ4n) is 2.00. The van der Waals surface area contributed by atoms with Crippen molar-refractivity contribution in [3.05, 3.63) is 30.0 Å². The molecule has 0 saturated carbocycles. The number of carboxylic acids is 1. The van der Waals surface area contributed by atoms with Crippen LogP contribution in [-0.2, 0) is 11.3 Å². The van der Waals surface area contributed by atoms with Gasteiger partial charge in [0.05, 0.1) is 5.52 Å². The SMILES string of the molecule is CCn1c(C(N)C(=O)O)cc2ccc(O)cc21. The van der Waals surface area contributed by atoms with E-state index in [1.54, 1.807) is 28.8 Å². The third-order valence-electron chi connectivity index (χ3n) is 2.82. The number of rotatable bonds is 3. The Labute approximate surface area is 98.1 Å². The number of fused-ring (bicyclic) bond motifs is 1. The number of aryl methyl sites for hydroxylation is 1. The van der Waals surface area contributed by atoms with E-state index in [1.807, 2.05) is 6.92 Å². The minimum Gasteiger partial charge on any atom is -0.508 e. The smallest absolute Gasteiger partial charge is 0.326 e. The standard InChI is InChI=1S/C12H14N2O3/c1-2-14-9-6-8(15)4-3-7(9)5-10(14)11(13)12(16)17/h3-6,11,15H,2,13H2,1H3,(H,16,17). The Morgan fingerprint density at radius 3 is 2.76 bits per heavy atom. The normalized spacial score (nSPS) is 12.8. The highest BCUT2D eigenvalue weighted by molar-refractivity contribution is 5.85. The van der Waals surface area contributed by atoms with Crippen LogP contribution in [0.1, 0.15) is 18.7 Å². The zero-order valence-corrected chi connectivity index (χ0v) is 9.42. The first-order valence-electron chi connectivity index (χ1n) is 5.35. The summed E-state index contributed by atoms with van der Waals surface area (Å²) in [6.45, 7) is 2.50. The average Bonchev–Trinajstić information content (AvgIpc) is 2.65. The lowest BCUT2D eigenvalue weighted by molar-refractivity contribution is -0.138. The number of aromatic nitrogens is 1. The Bertz CT molecular complexity index is 574. The van der Waals surface area contributed by atoms with Crippen LogP contribution in [0.5, 0.6) is 5.75 Å². The minimum absolute atomic E-state index is 0.153. The van der Waals surface area contributed by atoms with Gasteiger partial charge in [0.2, 0.25) is 0 Å². The van der Waals surface area contributed by atoms with Crippen LogP contribution in [0.4, 0.5) is 0 Å². The number of benzene rings is 1. The maximum absolute atomic E-state index is 10.9. The van der Waals surface area contributed by atoms with Crippen molar-refractivity contribution in [2.24, 2.45) is 5.73 Å². The number of nitrogens with zero attached hydrogens (tertiary/aromatic N) is 1. The van der Waals surface area contributed by atoms with Gasteiger partial charge >= 0.3 is 5.97 Å². The van der Waals surface area contributed by atoms with Crippen molar-refractivity contribution in [1.82, 2.24) is 4.57 Å². The minimum atomic E-state index is -1.06. The summed E-state index contributed by atoms with van der Waals surface area (Å²) in [5.74, 6) is -0.910. The van der Waals surface area contributed by atoms with Crippen LogP contribution in [0.3, 0.4) is 0 Å². The van der Waals surface area contributed by atoms with Gasteiger partial charge in [-0.3, -0.25) is 4.79 Å². The maximum Gasteiger partial charge on any atom is 0.326 e. The molecular weight excluding hydrogens is 220 g/mol. The summed E-state index contributed by atoms with van der Waals surface area (Å²) >= 11 is 0. The second-order valence-corrected chi connectivity index (χ2v) is 3.87. The lowest BCUT2D eigenvalue weighted by Crippen LogP contribution is -2.23. The second kappa shape index (κ2) is 4.10. The fourth-order valence-corrected chi connectivity index (χ4v) is 2.00. The molecule has 17 heavy (non-hydrogen) atoms. The van der Waals surface area contributed by atoms with Crippen molar-refractivity contribution >= 4 is 16.9 Å². The first-order chi connectivity index (χ1) is 8.04. The Kier molecular flexibility index (Phi) is 2.77. The lowest BCUT2D eigenvalue weighted by atomic mass is 10.2. The molecule has 1 aromatic carbocycles. The van der Waals surface area contributed by atoms with Gasteiger partial charge in [0, 0.05) is 23.7 Å². The molecule has 0 bridgehead atoms. The van der Waals surface area contributed by atoms with Gasteiger partial charge in [-0.15, -0.1) is 0 Å². The van der Waals surface area contributed by atoms with E-state index < -0.39 is 12.0 Å². The summed E-state index contributed by atoms with van der Waals surface area (Å²) in [6, 6.07) is 5.62. The van der Waals surface area contributed by atoms with Crippen molar-refractivity contribution in [2.75, 3.05) is 0 Å². The van der Waals surface area contributed by atoms with Gasteiger partial charge in [-0.2, -0.15) is 0 Å². The highest BCUT2D eigenvalue weighted by Gasteiger charge is 2.20. The molecule has 0 aliphatic heterocycles. The van der Waals surface area contributed by atoms with E-state index >= 15 is 0 Å². The van der Waals surface area contributed by atoms with Crippen molar-refractivity contribution < 1.29 is 15.0 Å². The van der Waals surface area contributed by atoms with Gasteiger partial charge in [0.1, 0.15) is 11.8 Å². The van der Waals surface area contributed by atoms with Gasteiger partial charge in [0.15, 0.2) is 0 Å². The number of aromatic hydroxyl groups is 1. The number of carbonyl (C=O) groups is 1. The summed E-state index contributed by atoms with van der Waals surface area (Å²) < 4.78 is 1.80. The van der Waals surface area contributed by atoms with Crippen molar-refractivity contribution in [2.45, 2.75) is 19.5 Å². The van der Waals surface area contributed by atoms with E-state index in [4.69, 9.17) is 10.8 Å². The Hall–Kier alpha value is -2.01. The molecule has 0 spiro atoms. The zero-order chi connectivity index (χ0) is 12.6. The van der Waals surface area contributed by atoms with E-state index in [2.05, 4.69) is 0 Å². The summed E-state index contributed by atoms with van der Waals surface area (Å²) in [5.41, 5.74) is 6.97. The van der Waals surface area contributed by atoms with E-state index in [1.165, 1.54) is 0 Å². The predicted molar refractivity (Wildman–Crippen MR) is 63.8 cm³/mol. The highest BCUT2D eigenvalue weighted by atomic mass is 16.4. The molecule has 5 heteroatoms. The number of hydrogen-bond acceptors (Lipinski definition) is 3. The third-order valence-corrected chi connectivity index (χ3v) is 2.82. The molecule has 5 nitrogen and oxygen atoms in total. The number of carboxylic acid groups (broad SMARTS) is 1. The zero-order valence-electron chi connectivity index (χ0n) is 9.42. The number of nitrogens with two attached hydrogens (primary N) is 1. The lowest BCUT2D eigenvalue weighted by Gasteiger charge is -2.11. The van der Waals surface area contributed by atoms with E-state index in [-0.39, 0.29) is 5.75 Å². The predicted octanol–water partition coefficient (Wildman–Crippen LogP) is 1.45. The van der Waals surface area contributed by atoms with Crippen LogP contribution in [0.25, 0.3) is 10.9 Å². The molecule has 0 amide bonds. The van der Waals surface area contributed by atoms with E-state index in [0.29, 0.717) is 12.2 Å². The van der Waals surface area contributed by atoms with Crippen LogP contribution in [0.2, 0.25) is 0 Å². The number of phenols is 1. The van der Waals surface area contributed by atoms with Crippen LogP contribution in [0, 0.1) is 0 Å². The summed E-state index contributed by atoms with van der Waals surface area (Å²) in [5, 5.41) is 19.3. The topological polar surface area (TPSA) is 88.5 Å². The molecule has 0 fully saturated rings. The number of aliphatic carboxylic acids is 1. The molecule has 1 heterocycles. The van der Waals surface area contributed by atoms with Crippen LogP contribution < -0.4 is 5.73 Å². The average molecular weight is 234 g/mol. The molecule has 4 N–H and O–H groups in total. The molecule has 0 aliphatic carbocycles. The Balaban J connectivity index is 2.68. The summed E-state index contributed by atoms with van der Waals surface area (Å²) in [7, 11) is 0. The quantitative estimate of drug-likeness (QED) is 0.750. The number of hydrogen-bond donors (Lipinski definition) is 3. The van der Waals surface area contributed by atoms with Gasteiger partial charge in [0.25, 0.3) is 0 Å². The monoisotopic (exact) mass is 234 g/mol. The molecule has 2 aromatic rings. The van der Waals surface area contributed by atoms with Crippen molar-refractivity contribution in [3.63, 3.8) is 0 Å². The molecule has 1 unspecified atom stereocenters. The fraction of sp³-hybridized carbons (Fsp3) is 0.250. The van der Waals surface area contributed by atoms with E-state index in [9.17, 15) is 9.90 Å². The van der Waals surface area contributed by atoms with Crippen molar-refractivity contribution in [1.29, 1.82) is 0 Å². The highest BCUT2D eigenvalue weighted by Crippen LogP contribution is 2.26.